The molecule has 2 aromatic carbocycles. The van der Waals surface area contributed by atoms with Crippen LogP contribution in [0.4, 0.5) is 0 Å². The number of nitrogens with zero attached hydrogens (tertiary/aromatic N) is 2. The molecule has 29 heavy (non-hydrogen) atoms. The van der Waals surface area contributed by atoms with Gasteiger partial charge >= 0.3 is 0 Å². The van der Waals surface area contributed by atoms with E-state index in [2.05, 4.69) is 54.6 Å². The maximum Gasteiger partial charge on any atom is 0.243 e. The van der Waals surface area contributed by atoms with E-state index in [1.165, 1.54) is 11.6 Å². The van der Waals surface area contributed by atoms with Crippen molar-refractivity contribution in [3.05, 3.63) is 72.1 Å². The second-order valence-electron chi connectivity index (χ2n) is 7.24. The molecule has 0 aliphatic carbocycles. The quantitative estimate of drug-likeness (QED) is 0.413. The zero-order chi connectivity index (χ0) is 20.6. The SMILES string of the molecule is C=CC(=O)NCCCc1nc2ccccc2n1CCCOc1cc(C)ccc1C. The van der Waals surface area contributed by atoms with Gasteiger partial charge in [0.15, 0.2) is 0 Å². The van der Waals surface area contributed by atoms with E-state index in [4.69, 9.17) is 9.72 Å². The first-order chi connectivity index (χ1) is 14.1. The molecule has 0 bridgehead atoms. The summed E-state index contributed by atoms with van der Waals surface area (Å²) in [6.07, 6.45) is 3.84. The largest absolute Gasteiger partial charge is 0.493 e. The average Bonchev–Trinajstić information content (AvgIpc) is 3.08. The lowest BCUT2D eigenvalue weighted by Crippen LogP contribution is -2.22. The number of hydrogen-bond acceptors (Lipinski definition) is 3. The smallest absolute Gasteiger partial charge is 0.243 e. The fraction of sp³-hybridized carbons (Fsp3) is 0.333. The number of nitrogens with one attached hydrogen (secondary N) is 1. The van der Waals surface area contributed by atoms with Crippen molar-refractivity contribution in [2.24, 2.45) is 0 Å². The number of ether oxygens (including phenoxy) is 1. The first-order valence-electron chi connectivity index (χ1n) is 10.1. The lowest BCUT2D eigenvalue weighted by molar-refractivity contribution is -0.116. The molecule has 0 atom stereocenters. The Hall–Kier alpha value is -3.08. The van der Waals surface area contributed by atoms with Crippen LogP contribution in [0.1, 0.15) is 29.8 Å². The van der Waals surface area contributed by atoms with Crippen LogP contribution in [0, 0.1) is 13.8 Å². The van der Waals surface area contributed by atoms with Crippen molar-refractivity contribution < 1.29 is 9.53 Å². The number of carbonyl (C=O) groups is 1. The monoisotopic (exact) mass is 391 g/mol. The molecule has 0 fully saturated rings. The Bertz CT molecular complexity index is 991. The van der Waals surface area contributed by atoms with Gasteiger partial charge in [-0.1, -0.05) is 30.8 Å². The van der Waals surface area contributed by atoms with E-state index in [0.29, 0.717) is 13.2 Å². The predicted octanol–water partition coefficient (Wildman–Crippen LogP) is 4.36. The standard InChI is InChI=1S/C24H29N3O2/c1-4-24(28)25-14-7-11-23-26-20-9-5-6-10-21(20)27(23)15-8-16-29-22-17-18(2)12-13-19(22)3/h4-6,9-10,12-13,17H,1,7-8,11,14-16H2,2-3H3,(H,25,28). The fourth-order valence-corrected chi connectivity index (χ4v) is 3.36. The van der Waals surface area contributed by atoms with Gasteiger partial charge in [-0.3, -0.25) is 4.79 Å². The summed E-state index contributed by atoms with van der Waals surface area (Å²) in [6.45, 7) is 9.74. The van der Waals surface area contributed by atoms with Gasteiger partial charge in [0, 0.05) is 19.5 Å². The van der Waals surface area contributed by atoms with Crippen molar-refractivity contribution in [1.29, 1.82) is 0 Å². The zero-order valence-electron chi connectivity index (χ0n) is 17.3. The van der Waals surface area contributed by atoms with E-state index in [0.717, 1.165) is 54.0 Å². The van der Waals surface area contributed by atoms with E-state index >= 15 is 0 Å². The van der Waals surface area contributed by atoms with Gasteiger partial charge in [-0.05, 0) is 62.1 Å². The van der Waals surface area contributed by atoms with Crippen LogP contribution in [0.5, 0.6) is 5.75 Å². The Labute approximate surface area is 172 Å². The summed E-state index contributed by atoms with van der Waals surface area (Å²) in [5.41, 5.74) is 4.51. The molecular formula is C24H29N3O2. The number of carbonyl (C=O) groups excluding carboxylic acids is 1. The van der Waals surface area contributed by atoms with Crippen molar-refractivity contribution in [2.45, 2.75) is 39.7 Å². The van der Waals surface area contributed by atoms with Gasteiger partial charge in [0.25, 0.3) is 0 Å². The summed E-state index contributed by atoms with van der Waals surface area (Å²) in [4.78, 5) is 16.1. The molecule has 0 aliphatic heterocycles. The summed E-state index contributed by atoms with van der Waals surface area (Å²) >= 11 is 0. The van der Waals surface area contributed by atoms with Crippen LogP contribution < -0.4 is 10.1 Å². The molecule has 1 amide bonds. The first kappa shape index (κ1) is 20.6. The molecule has 5 nitrogen and oxygen atoms in total. The highest BCUT2D eigenvalue weighted by atomic mass is 16.5. The molecule has 152 valence electrons. The number of fused-ring (bicyclic) bond motifs is 1. The summed E-state index contributed by atoms with van der Waals surface area (Å²) in [5.74, 6) is 1.87. The highest BCUT2D eigenvalue weighted by Gasteiger charge is 2.10. The molecule has 5 heteroatoms. The molecule has 0 unspecified atom stereocenters. The number of aromatic nitrogens is 2. The number of para-hydroxylation sites is 2. The number of amides is 1. The Kier molecular flexibility index (Phi) is 7.06. The Morgan fingerprint density at radius 3 is 2.86 bits per heavy atom. The number of benzene rings is 2. The fourth-order valence-electron chi connectivity index (χ4n) is 3.36. The van der Waals surface area contributed by atoms with E-state index in [9.17, 15) is 4.79 Å². The van der Waals surface area contributed by atoms with E-state index in [1.807, 2.05) is 18.2 Å². The molecule has 0 radical (unpaired) electrons. The number of aryl methyl sites for hydroxylation is 4. The van der Waals surface area contributed by atoms with Gasteiger partial charge in [0.05, 0.1) is 17.6 Å². The van der Waals surface area contributed by atoms with Crippen LogP contribution in [0.2, 0.25) is 0 Å². The lowest BCUT2D eigenvalue weighted by Gasteiger charge is -2.12. The Balaban J connectivity index is 1.61. The normalized spacial score (nSPS) is 10.8. The topological polar surface area (TPSA) is 56.2 Å². The number of hydrogen-bond donors (Lipinski definition) is 1. The molecule has 3 aromatic rings. The Morgan fingerprint density at radius 1 is 1.21 bits per heavy atom. The van der Waals surface area contributed by atoms with Gasteiger partial charge in [0.1, 0.15) is 11.6 Å². The van der Waals surface area contributed by atoms with Crippen LogP contribution in [-0.2, 0) is 17.8 Å². The molecule has 0 aliphatic rings. The molecular weight excluding hydrogens is 362 g/mol. The predicted molar refractivity (Wildman–Crippen MR) is 117 cm³/mol. The van der Waals surface area contributed by atoms with E-state index in [1.54, 1.807) is 0 Å². The van der Waals surface area contributed by atoms with Crippen LogP contribution in [0.25, 0.3) is 11.0 Å². The Morgan fingerprint density at radius 2 is 2.03 bits per heavy atom. The summed E-state index contributed by atoms with van der Waals surface area (Å²) in [7, 11) is 0. The maximum atomic E-state index is 11.3. The minimum Gasteiger partial charge on any atom is -0.493 e. The second kappa shape index (κ2) is 9.92. The summed E-state index contributed by atoms with van der Waals surface area (Å²) < 4.78 is 8.29. The third-order valence-electron chi connectivity index (χ3n) is 4.92. The highest BCUT2D eigenvalue weighted by molar-refractivity contribution is 5.86. The van der Waals surface area contributed by atoms with Gasteiger partial charge < -0.3 is 14.6 Å². The third-order valence-corrected chi connectivity index (χ3v) is 4.92. The van der Waals surface area contributed by atoms with Crippen LogP contribution >= 0.6 is 0 Å². The van der Waals surface area contributed by atoms with Crippen molar-refractivity contribution in [3.63, 3.8) is 0 Å². The zero-order valence-corrected chi connectivity index (χ0v) is 17.3. The number of rotatable bonds is 10. The summed E-state index contributed by atoms with van der Waals surface area (Å²) in [6, 6.07) is 14.5. The lowest BCUT2D eigenvalue weighted by atomic mass is 10.1. The second-order valence-corrected chi connectivity index (χ2v) is 7.24. The third kappa shape index (κ3) is 5.47. The molecule has 1 aromatic heterocycles. The molecule has 0 saturated carbocycles. The van der Waals surface area contributed by atoms with Crippen molar-refractivity contribution in [1.82, 2.24) is 14.9 Å². The van der Waals surface area contributed by atoms with E-state index in [-0.39, 0.29) is 5.91 Å². The van der Waals surface area contributed by atoms with Gasteiger partial charge in [-0.25, -0.2) is 4.98 Å². The molecule has 1 heterocycles. The van der Waals surface area contributed by atoms with Gasteiger partial charge in [0.2, 0.25) is 5.91 Å². The van der Waals surface area contributed by atoms with Crippen LogP contribution in [0.15, 0.2) is 55.1 Å². The van der Waals surface area contributed by atoms with Crippen molar-refractivity contribution >= 4 is 16.9 Å². The average molecular weight is 392 g/mol. The van der Waals surface area contributed by atoms with Crippen LogP contribution in [-0.4, -0.2) is 28.6 Å². The minimum atomic E-state index is -0.137. The van der Waals surface area contributed by atoms with Crippen molar-refractivity contribution in [3.8, 4) is 5.75 Å². The van der Waals surface area contributed by atoms with E-state index < -0.39 is 0 Å². The molecule has 1 N–H and O–H groups in total. The first-order valence-corrected chi connectivity index (χ1v) is 10.1. The molecule has 3 rings (SSSR count). The van der Waals surface area contributed by atoms with Crippen molar-refractivity contribution in [2.75, 3.05) is 13.2 Å². The highest BCUT2D eigenvalue weighted by Crippen LogP contribution is 2.20. The van der Waals surface area contributed by atoms with Gasteiger partial charge in [-0.2, -0.15) is 0 Å². The number of imidazole rings is 1. The maximum absolute atomic E-state index is 11.3. The molecule has 0 saturated heterocycles. The summed E-state index contributed by atoms with van der Waals surface area (Å²) in [5, 5.41) is 2.82. The van der Waals surface area contributed by atoms with Crippen LogP contribution in [0.3, 0.4) is 0 Å². The molecule has 0 spiro atoms. The van der Waals surface area contributed by atoms with Gasteiger partial charge in [-0.15, -0.1) is 0 Å². The minimum absolute atomic E-state index is 0.137.